The molecule has 0 saturated carbocycles. The van der Waals surface area contributed by atoms with E-state index in [9.17, 15) is 4.79 Å². The van der Waals surface area contributed by atoms with Gasteiger partial charge in [0.15, 0.2) is 5.60 Å². The molecule has 32 heavy (non-hydrogen) atoms. The first-order chi connectivity index (χ1) is 15.4. The lowest BCUT2D eigenvalue weighted by atomic mass is 9.79. The lowest BCUT2D eigenvalue weighted by molar-refractivity contribution is 0.0251. The monoisotopic (exact) mass is 422 g/mol. The van der Waals surface area contributed by atoms with Crippen molar-refractivity contribution in [2.45, 2.75) is 5.60 Å². The molecule has 0 N–H and O–H groups in total. The first-order valence-corrected chi connectivity index (χ1v) is 10.7. The van der Waals surface area contributed by atoms with Crippen LogP contribution < -0.4 is 9.80 Å². The number of benzene rings is 4. The fourth-order valence-corrected chi connectivity index (χ4v) is 4.53. The van der Waals surface area contributed by atoms with Gasteiger partial charge in [0, 0.05) is 56.3 Å². The summed E-state index contributed by atoms with van der Waals surface area (Å²) >= 11 is 0. The van der Waals surface area contributed by atoms with Crippen molar-refractivity contribution < 1.29 is 9.53 Å². The summed E-state index contributed by atoms with van der Waals surface area (Å²) in [5, 5.41) is 2.12. The third-order valence-corrected chi connectivity index (χ3v) is 6.31. The van der Waals surface area contributed by atoms with Crippen LogP contribution in [0.2, 0.25) is 0 Å². The van der Waals surface area contributed by atoms with Crippen LogP contribution in [0, 0.1) is 0 Å². The molecule has 4 aromatic carbocycles. The van der Waals surface area contributed by atoms with Crippen LogP contribution in [0.25, 0.3) is 10.8 Å². The van der Waals surface area contributed by atoms with E-state index in [1.54, 1.807) is 0 Å². The van der Waals surface area contributed by atoms with E-state index in [0.29, 0.717) is 5.56 Å². The molecular weight excluding hydrogens is 396 g/mol. The predicted molar refractivity (Wildman–Crippen MR) is 131 cm³/mol. The Balaban J connectivity index is 1.78. The molecule has 1 heterocycles. The molecule has 0 saturated heterocycles. The van der Waals surface area contributed by atoms with E-state index in [1.807, 2.05) is 52.5 Å². The average Bonchev–Trinajstić information content (AvgIpc) is 3.10. The van der Waals surface area contributed by atoms with Gasteiger partial charge >= 0.3 is 5.97 Å². The minimum atomic E-state index is -0.994. The number of nitrogens with zero attached hydrogens (tertiary/aromatic N) is 2. The summed E-state index contributed by atoms with van der Waals surface area (Å²) in [6.07, 6.45) is 0. The van der Waals surface area contributed by atoms with Crippen molar-refractivity contribution in [3.8, 4) is 0 Å². The Labute approximate surface area is 188 Å². The first kappa shape index (κ1) is 20.1. The summed E-state index contributed by atoms with van der Waals surface area (Å²) < 4.78 is 6.30. The number of fused-ring (bicyclic) bond motifs is 2. The standard InChI is InChI=1S/C28H26N2O2/c1-29(2)23-13-9-21(10-14-23)28(22-11-15-24(16-12-22)30(3)4)26-18-20-8-6-5-7-19(20)17-25(26)27(31)32-28/h5-18H,1-4H3. The van der Waals surface area contributed by atoms with E-state index < -0.39 is 5.60 Å². The molecule has 4 aromatic rings. The van der Waals surface area contributed by atoms with Crippen molar-refractivity contribution in [2.24, 2.45) is 0 Å². The molecule has 0 amide bonds. The van der Waals surface area contributed by atoms with Crippen molar-refractivity contribution in [1.82, 2.24) is 0 Å². The molecule has 160 valence electrons. The Bertz CT molecular complexity index is 1250. The summed E-state index contributed by atoms with van der Waals surface area (Å²) in [5.74, 6) is -0.292. The van der Waals surface area contributed by atoms with Crippen LogP contribution in [0.5, 0.6) is 0 Å². The van der Waals surface area contributed by atoms with Gasteiger partial charge in [-0.05, 0) is 47.2 Å². The minimum absolute atomic E-state index is 0.292. The number of esters is 1. The van der Waals surface area contributed by atoms with Crippen LogP contribution in [-0.4, -0.2) is 34.2 Å². The number of cyclic esters (lactones) is 1. The third kappa shape index (κ3) is 3.02. The van der Waals surface area contributed by atoms with Crippen molar-refractivity contribution in [2.75, 3.05) is 38.0 Å². The smallest absolute Gasteiger partial charge is 0.340 e. The predicted octanol–water partition coefficient (Wildman–Crippen LogP) is 5.43. The molecule has 0 aliphatic carbocycles. The maximum absolute atomic E-state index is 13.2. The fraction of sp³-hybridized carbons (Fsp3) is 0.179. The van der Waals surface area contributed by atoms with E-state index in [4.69, 9.17) is 4.74 Å². The first-order valence-electron chi connectivity index (χ1n) is 10.7. The molecule has 0 atom stereocenters. The zero-order valence-corrected chi connectivity index (χ0v) is 18.8. The number of ether oxygens (including phenoxy) is 1. The number of carbonyl (C=O) groups is 1. The summed E-state index contributed by atoms with van der Waals surface area (Å²) in [7, 11) is 8.06. The second kappa shape index (κ2) is 7.41. The third-order valence-electron chi connectivity index (χ3n) is 6.31. The van der Waals surface area contributed by atoms with Crippen LogP contribution in [0.1, 0.15) is 27.0 Å². The van der Waals surface area contributed by atoms with Crippen LogP contribution >= 0.6 is 0 Å². The highest BCUT2D eigenvalue weighted by atomic mass is 16.6. The van der Waals surface area contributed by atoms with Crippen molar-refractivity contribution in [3.05, 3.63) is 107 Å². The summed E-state index contributed by atoms with van der Waals surface area (Å²) in [6, 6.07) is 28.7. The molecular formula is C28H26N2O2. The highest BCUT2D eigenvalue weighted by Gasteiger charge is 2.48. The van der Waals surface area contributed by atoms with Crippen molar-refractivity contribution in [3.63, 3.8) is 0 Å². The highest BCUT2D eigenvalue weighted by Crippen LogP contribution is 2.48. The number of carbonyl (C=O) groups excluding carboxylic acids is 1. The highest BCUT2D eigenvalue weighted by molar-refractivity contribution is 6.01. The molecule has 0 radical (unpaired) electrons. The lowest BCUT2D eigenvalue weighted by Gasteiger charge is -2.31. The quantitative estimate of drug-likeness (QED) is 0.410. The minimum Gasteiger partial charge on any atom is -0.441 e. The maximum atomic E-state index is 13.2. The largest absolute Gasteiger partial charge is 0.441 e. The van der Waals surface area contributed by atoms with Gasteiger partial charge in [0.1, 0.15) is 0 Å². The zero-order valence-electron chi connectivity index (χ0n) is 18.8. The topological polar surface area (TPSA) is 32.8 Å². The van der Waals surface area contributed by atoms with Crippen molar-refractivity contribution in [1.29, 1.82) is 0 Å². The van der Waals surface area contributed by atoms with Gasteiger partial charge in [-0.25, -0.2) is 4.79 Å². The Morgan fingerprint density at radius 1 is 0.656 bits per heavy atom. The Morgan fingerprint density at radius 3 is 1.59 bits per heavy atom. The van der Waals surface area contributed by atoms with Crippen LogP contribution in [0.4, 0.5) is 11.4 Å². The molecule has 1 aliphatic heterocycles. The molecule has 0 aromatic heterocycles. The van der Waals surface area contributed by atoms with Gasteiger partial charge in [-0.3, -0.25) is 0 Å². The van der Waals surface area contributed by atoms with Crippen LogP contribution in [0.15, 0.2) is 84.9 Å². The number of hydrogen-bond acceptors (Lipinski definition) is 4. The average molecular weight is 423 g/mol. The normalized spacial score (nSPS) is 14.2. The summed E-state index contributed by atoms with van der Waals surface area (Å²) in [4.78, 5) is 17.3. The molecule has 4 heteroatoms. The Kier molecular flexibility index (Phi) is 4.66. The molecule has 0 bridgehead atoms. The van der Waals surface area contributed by atoms with E-state index in [-0.39, 0.29) is 5.97 Å². The lowest BCUT2D eigenvalue weighted by Crippen LogP contribution is -2.29. The van der Waals surface area contributed by atoms with Crippen molar-refractivity contribution >= 4 is 28.1 Å². The molecule has 0 fully saturated rings. The van der Waals surface area contributed by atoms with Gasteiger partial charge in [0.25, 0.3) is 0 Å². The number of hydrogen-bond donors (Lipinski definition) is 0. The van der Waals surface area contributed by atoms with Gasteiger partial charge in [0.05, 0.1) is 5.56 Å². The Morgan fingerprint density at radius 2 is 1.12 bits per heavy atom. The van der Waals surface area contributed by atoms with Crippen LogP contribution in [0.3, 0.4) is 0 Å². The number of rotatable bonds is 4. The van der Waals surface area contributed by atoms with E-state index >= 15 is 0 Å². The fourth-order valence-electron chi connectivity index (χ4n) is 4.53. The molecule has 5 rings (SSSR count). The van der Waals surface area contributed by atoms with E-state index in [0.717, 1.165) is 38.8 Å². The van der Waals surface area contributed by atoms with Crippen LogP contribution in [-0.2, 0) is 10.3 Å². The molecule has 1 aliphatic rings. The molecule has 4 nitrogen and oxygen atoms in total. The summed E-state index contributed by atoms with van der Waals surface area (Å²) in [6.45, 7) is 0. The van der Waals surface area contributed by atoms with Gasteiger partial charge in [-0.15, -0.1) is 0 Å². The van der Waals surface area contributed by atoms with Gasteiger partial charge in [0.2, 0.25) is 0 Å². The van der Waals surface area contributed by atoms with E-state index in [1.165, 1.54) is 0 Å². The number of anilines is 2. The van der Waals surface area contributed by atoms with Gasteiger partial charge in [-0.1, -0.05) is 48.5 Å². The van der Waals surface area contributed by atoms with E-state index in [2.05, 4.69) is 70.5 Å². The summed E-state index contributed by atoms with van der Waals surface area (Å²) in [5.41, 5.74) is 4.57. The molecule has 0 spiro atoms. The Hall–Kier alpha value is -3.79. The SMILES string of the molecule is CN(C)c1ccc(C2(c3ccc(N(C)C)cc3)OC(=O)c3cc4ccccc4cc32)cc1. The van der Waals surface area contributed by atoms with Gasteiger partial charge < -0.3 is 14.5 Å². The van der Waals surface area contributed by atoms with Gasteiger partial charge in [-0.2, -0.15) is 0 Å². The maximum Gasteiger partial charge on any atom is 0.340 e. The second-order valence-corrected chi connectivity index (χ2v) is 8.70. The zero-order chi connectivity index (χ0) is 22.5. The second-order valence-electron chi connectivity index (χ2n) is 8.70. The molecule has 0 unspecified atom stereocenters.